The van der Waals surface area contributed by atoms with Gasteiger partial charge in [-0.25, -0.2) is 18.7 Å². The Morgan fingerprint density at radius 2 is 2.10 bits per heavy atom. The molecule has 5 nitrogen and oxygen atoms in total. The lowest BCUT2D eigenvalue weighted by molar-refractivity contribution is 0.591. The molecule has 20 heavy (non-hydrogen) atoms. The molecule has 0 fully saturated rings. The van der Waals surface area contributed by atoms with Gasteiger partial charge >= 0.3 is 0 Å². The van der Waals surface area contributed by atoms with Crippen molar-refractivity contribution in [2.45, 2.75) is 10.8 Å². The van der Waals surface area contributed by atoms with Crippen LogP contribution in [0.3, 0.4) is 0 Å². The number of anilines is 1. The highest BCUT2D eigenvalue weighted by atomic mass is 32.2. The zero-order chi connectivity index (χ0) is 14.1. The average Bonchev–Trinajstić information content (AvgIpc) is 2.87. The summed E-state index contributed by atoms with van der Waals surface area (Å²) in [7, 11) is 0. The number of aromatic nitrogens is 4. The van der Waals surface area contributed by atoms with Crippen LogP contribution in [0.5, 0.6) is 0 Å². The number of aromatic amines is 1. The number of nitrogen functional groups attached to an aromatic ring is 1. The topological polar surface area (TPSA) is 80.5 Å². The van der Waals surface area contributed by atoms with Crippen LogP contribution in [-0.2, 0) is 5.75 Å². The molecule has 0 aliphatic rings. The van der Waals surface area contributed by atoms with Gasteiger partial charge in [0, 0.05) is 11.3 Å². The molecule has 3 rings (SSSR count). The van der Waals surface area contributed by atoms with Gasteiger partial charge in [-0.05, 0) is 18.2 Å². The zero-order valence-electron chi connectivity index (χ0n) is 10.1. The van der Waals surface area contributed by atoms with E-state index in [1.165, 1.54) is 18.1 Å². The Kier molecular flexibility index (Phi) is 3.23. The van der Waals surface area contributed by atoms with Gasteiger partial charge in [0.1, 0.15) is 22.2 Å². The first-order valence-electron chi connectivity index (χ1n) is 5.67. The standard InChI is InChI=1S/C12H9F2N5S/c13-7-1-2-8(14)6(3-7)4-20-11-9-10(17-5-16-9)18-12(15)19-11/h1-3,5H,4H2,(H3,15,16,17,18,19). The minimum Gasteiger partial charge on any atom is -0.368 e. The molecule has 3 N–H and O–H groups in total. The lowest BCUT2D eigenvalue weighted by Crippen LogP contribution is -1.97. The van der Waals surface area contributed by atoms with Crippen molar-refractivity contribution in [3.63, 3.8) is 0 Å². The molecule has 1 aromatic carbocycles. The maximum atomic E-state index is 13.5. The minimum absolute atomic E-state index is 0.0896. The number of halogens is 2. The van der Waals surface area contributed by atoms with E-state index in [4.69, 9.17) is 5.73 Å². The van der Waals surface area contributed by atoms with Gasteiger partial charge in [-0.15, -0.1) is 0 Å². The molecular formula is C12H9F2N5S. The smallest absolute Gasteiger partial charge is 0.223 e. The third-order valence-corrected chi connectivity index (χ3v) is 3.67. The highest BCUT2D eigenvalue weighted by Crippen LogP contribution is 2.27. The molecule has 0 atom stereocenters. The molecule has 0 saturated carbocycles. The fourth-order valence-corrected chi connectivity index (χ4v) is 2.69. The number of imidazole rings is 1. The second-order valence-corrected chi connectivity index (χ2v) is 4.98. The third kappa shape index (κ3) is 2.42. The van der Waals surface area contributed by atoms with Crippen molar-refractivity contribution in [1.29, 1.82) is 0 Å². The van der Waals surface area contributed by atoms with Crippen LogP contribution in [0.2, 0.25) is 0 Å². The predicted molar refractivity (Wildman–Crippen MR) is 72.0 cm³/mol. The number of rotatable bonds is 3. The number of hydrogen-bond acceptors (Lipinski definition) is 5. The number of nitrogens with zero attached hydrogens (tertiary/aromatic N) is 3. The molecule has 0 bridgehead atoms. The monoisotopic (exact) mass is 293 g/mol. The molecule has 3 aromatic rings. The van der Waals surface area contributed by atoms with E-state index in [0.29, 0.717) is 16.2 Å². The maximum Gasteiger partial charge on any atom is 0.223 e. The number of benzene rings is 1. The number of H-pyrrole nitrogens is 1. The van der Waals surface area contributed by atoms with E-state index in [0.717, 1.165) is 18.2 Å². The highest BCUT2D eigenvalue weighted by Gasteiger charge is 2.11. The van der Waals surface area contributed by atoms with Crippen LogP contribution in [0.25, 0.3) is 11.2 Å². The first-order valence-corrected chi connectivity index (χ1v) is 6.65. The van der Waals surface area contributed by atoms with Crippen molar-refractivity contribution in [2.75, 3.05) is 5.73 Å². The Bertz CT molecular complexity index is 774. The van der Waals surface area contributed by atoms with Crippen LogP contribution < -0.4 is 5.73 Å². The van der Waals surface area contributed by atoms with Crippen molar-refractivity contribution < 1.29 is 8.78 Å². The molecule has 2 aromatic heterocycles. The summed E-state index contributed by atoms with van der Waals surface area (Å²) < 4.78 is 26.7. The zero-order valence-corrected chi connectivity index (χ0v) is 10.9. The number of thioether (sulfide) groups is 1. The fourth-order valence-electron chi connectivity index (χ4n) is 1.73. The van der Waals surface area contributed by atoms with E-state index in [2.05, 4.69) is 19.9 Å². The summed E-state index contributed by atoms with van der Waals surface area (Å²) in [5.74, 6) is -0.613. The predicted octanol–water partition coefficient (Wildman–Crippen LogP) is 2.51. The number of nitrogens with two attached hydrogens (primary N) is 1. The number of nitrogens with one attached hydrogen (secondary N) is 1. The largest absolute Gasteiger partial charge is 0.368 e. The number of fused-ring (bicyclic) bond motifs is 1. The first-order chi connectivity index (χ1) is 9.63. The van der Waals surface area contributed by atoms with Gasteiger partial charge in [0.2, 0.25) is 5.95 Å². The van der Waals surface area contributed by atoms with E-state index in [-0.39, 0.29) is 17.3 Å². The normalized spacial score (nSPS) is 11.1. The average molecular weight is 293 g/mol. The molecular weight excluding hydrogens is 284 g/mol. The number of hydrogen-bond donors (Lipinski definition) is 2. The Morgan fingerprint density at radius 3 is 2.95 bits per heavy atom. The SMILES string of the molecule is Nc1nc(SCc2cc(F)ccc2F)c2[nH]cnc2n1. The summed E-state index contributed by atoms with van der Waals surface area (Å²) in [5, 5.41) is 0.550. The third-order valence-electron chi connectivity index (χ3n) is 2.64. The summed E-state index contributed by atoms with van der Waals surface area (Å²) in [6.45, 7) is 0. The molecule has 0 aliphatic heterocycles. The van der Waals surface area contributed by atoms with Crippen molar-refractivity contribution in [3.8, 4) is 0 Å². The van der Waals surface area contributed by atoms with E-state index in [1.807, 2.05) is 0 Å². The van der Waals surface area contributed by atoms with Crippen LogP contribution in [0.15, 0.2) is 29.6 Å². The lowest BCUT2D eigenvalue weighted by Gasteiger charge is -2.04. The summed E-state index contributed by atoms with van der Waals surface area (Å²) >= 11 is 1.24. The van der Waals surface area contributed by atoms with Gasteiger partial charge < -0.3 is 10.7 Å². The minimum atomic E-state index is -0.476. The summed E-state index contributed by atoms with van der Waals surface area (Å²) in [6, 6.07) is 3.35. The van der Waals surface area contributed by atoms with Gasteiger partial charge in [0.05, 0.1) is 6.33 Å². The quantitative estimate of drug-likeness (QED) is 0.573. The van der Waals surface area contributed by atoms with Gasteiger partial charge in [-0.3, -0.25) is 0 Å². The van der Waals surface area contributed by atoms with Crippen molar-refractivity contribution in [2.24, 2.45) is 0 Å². The van der Waals surface area contributed by atoms with Crippen LogP contribution in [0.4, 0.5) is 14.7 Å². The van der Waals surface area contributed by atoms with Crippen molar-refractivity contribution in [3.05, 3.63) is 41.7 Å². The summed E-state index contributed by atoms with van der Waals surface area (Å²) in [6.07, 6.45) is 1.48. The van der Waals surface area contributed by atoms with Gasteiger partial charge in [0.15, 0.2) is 5.65 Å². The van der Waals surface area contributed by atoms with E-state index >= 15 is 0 Å². The summed E-state index contributed by atoms with van der Waals surface area (Å²) in [5.41, 5.74) is 6.92. The van der Waals surface area contributed by atoms with Crippen molar-refractivity contribution >= 4 is 28.9 Å². The van der Waals surface area contributed by atoms with Gasteiger partial charge in [0.25, 0.3) is 0 Å². The molecule has 0 spiro atoms. The Morgan fingerprint density at radius 1 is 1.25 bits per heavy atom. The van der Waals surface area contributed by atoms with Crippen LogP contribution >= 0.6 is 11.8 Å². The van der Waals surface area contributed by atoms with Crippen molar-refractivity contribution in [1.82, 2.24) is 19.9 Å². The lowest BCUT2D eigenvalue weighted by atomic mass is 10.2. The molecule has 0 unspecified atom stereocenters. The fraction of sp³-hybridized carbons (Fsp3) is 0.0833. The van der Waals surface area contributed by atoms with Gasteiger partial charge in [-0.1, -0.05) is 11.8 Å². The van der Waals surface area contributed by atoms with E-state index in [9.17, 15) is 8.78 Å². The van der Waals surface area contributed by atoms with E-state index < -0.39 is 11.6 Å². The highest BCUT2D eigenvalue weighted by molar-refractivity contribution is 7.98. The molecule has 0 radical (unpaired) electrons. The molecule has 0 saturated heterocycles. The maximum absolute atomic E-state index is 13.5. The van der Waals surface area contributed by atoms with Crippen LogP contribution in [-0.4, -0.2) is 19.9 Å². The van der Waals surface area contributed by atoms with Crippen LogP contribution in [0.1, 0.15) is 5.56 Å². The summed E-state index contributed by atoms with van der Waals surface area (Å²) in [4.78, 5) is 14.9. The Labute approximate surface area is 116 Å². The Balaban J connectivity index is 1.90. The van der Waals surface area contributed by atoms with Gasteiger partial charge in [-0.2, -0.15) is 4.98 Å². The molecule has 0 aliphatic carbocycles. The molecule has 102 valence electrons. The van der Waals surface area contributed by atoms with Crippen LogP contribution in [0, 0.1) is 11.6 Å². The molecule has 8 heteroatoms. The molecule has 0 amide bonds. The molecule has 2 heterocycles. The first kappa shape index (κ1) is 12.8. The van der Waals surface area contributed by atoms with E-state index in [1.54, 1.807) is 0 Å². The second kappa shape index (κ2) is 5.04. The Hall–Kier alpha value is -2.22. The second-order valence-electron chi connectivity index (χ2n) is 4.01.